The monoisotopic (exact) mass is 344 g/mol. The normalized spacial score (nSPS) is 14.7. The van der Waals surface area contributed by atoms with Gasteiger partial charge in [-0.15, -0.1) is 0 Å². The molecule has 1 N–H and O–H groups in total. The Morgan fingerprint density at radius 3 is 3.06 bits per heavy atom. The molecular formula is C12H10FIN2O. The Balaban J connectivity index is 2.21. The fourth-order valence-electron chi connectivity index (χ4n) is 2.11. The van der Waals surface area contributed by atoms with Gasteiger partial charge in [0.05, 0.1) is 11.8 Å². The molecule has 0 aliphatic carbocycles. The second-order valence-corrected chi connectivity index (χ2v) is 5.10. The first-order chi connectivity index (χ1) is 8.27. The Kier molecular flexibility index (Phi) is 2.87. The molecule has 1 aromatic carbocycles. The molecule has 2 heterocycles. The average molecular weight is 344 g/mol. The Morgan fingerprint density at radius 1 is 1.41 bits per heavy atom. The summed E-state index contributed by atoms with van der Waals surface area (Å²) >= 11 is 2.23. The Labute approximate surface area is 112 Å². The van der Waals surface area contributed by atoms with Crippen LogP contribution in [0.5, 0.6) is 0 Å². The summed E-state index contributed by atoms with van der Waals surface area (Å²) in [5.74, 6) is 0.158. The van der Waals surface area contributed by atoms with E-state index in [1.54, 1.807) is 6.07 Å². The first kappa shape index (κ1) is 11.2. The average Bonchev–Trinajstić information content (AvgIpc) is 2.87. The molecule has 0 spiro atoms. The predicted molar refractivity (Wildman–Crippen MR) is 70.0 cm³/mol. The number of rotatable bonds is 1. The van der Waals surface area contributed by atoms with E-state index in [1.165, 1.54) is 12.5 Å². The molecule has 0 bridgehead atoms. The second-order valence-electron chi connectivity index (χ2n) is 3.94. The van der Waals surface area contributed by atoms with Crippen LogP contribution in [0.4, 0.5) is 4.39 Å². The molecule has 3 rings (SSSR count). The van der Waals surface area contributed by atoms with E-state index in [0.717, 1.165) is 27.8 Å². The Morgan fingerprint density at radius 2 is 2.29 bits per heavy atom. The van der Waals surface area contributed by atoms with Crippen LogP contribution in [0.3, 0.4) is 0 Å². The van der Waals surface area contributed by atoms with E-state index in [-0.39, 0.29) is 5.82 Å². The van der Waals surface area contributed by atoms with Crippen molar-refractivity contribution in [2.75, 3.05) is 6.54 Å². The molecule has 0 atom stereocenters. The van der Waals surface area contributed by atoms with Crippen molar-refractivity contribution in [3.8, 4) is 11.5 Å². The molecule has 0 saturated carbocycles. The summed E-state index contributed by atoms with van der Waals surface area (Å²) in [6.07, 6.45) is 3.71. The summed E-state index contributed by atoms with van der Waals surface area (Å²) in [7, 11) is 0. The number of nitrogens with zero attached hydrogens (tertiary/aromatic N) is 1. The van der Waals surface area contributed by atoms with Gasteiger partial charge in [-0.05, 0) is 52.7 Å². The fourth-order valence-corrected chi connectivity index (χ4v) is 2.93. The Hall–Kier alpha value is -0.950. The minimum absolute atomic E-state index is 0.190. The highest BCUT2D eigenvalue weighted by Crippen LogP contribution is 2.31. The lowest BCUT2D eigenvalue weighted by Gasteiger charge is -2.20. The predicted octanol–water partition coefficient (Wildman–Crippen LogP) is 2.73. The number of aromatic nitrogens is 1. The standard InChI is InChI=1S/C12H10FIN2O/c13-11-7-1-2-15-6-9(7)10(14)5-8(11)12-16-3-4-17-12/h3-5,15H,1-2,6H2. The highest BCUT2D eigenvalue weighted by Gasteiger charge is 2.21. The highest BCUT2D eigenvalue weighted by atomic mass is 127. The van der Waals surface area contributed by atoms with E-state index in [4.69, 9.17) is 4.42 Å². The van der Waals surface area contributed by atoms with Gasteiger partial charge in [0.25, 0.3) is 0 Å². The lowest BCUT2D eigenvalue weighted by atomic mass is 9.97. The number of nitrogens with one attached hydrogen (secondary N) is 1. The first-order valence-electron chi connectivity index (χ1n) is 5.37. The zero-order valence-electron chi connectivity index (χ0n) is 8.96. The van der Waals surface area contributed by atoms with Gasteiger partial charge in [0, 0.05) is 10.1 Å². The first-order valence-corrected chi connectivity index (χ1v) is 6.45. The van der Waals surface area contributed by atoms with Crippen LogP contribution in [0.25, 0.3) is 11.5 Å². The van der Waals surface area contributed by atoms with Crippen LogP contribution >= 0.6 is 22.6 Å². The van der Waals surface area contributed by atoms with E-state index >= 15 is 0 Å². The van der Waals surface area contributed by atoms with Crippen LogP contribution in [0, 0.1) is 9.39 Å². The van der Waals surface area contributed by atoms with E-state index in [2.05, 4.69) is 32.9 Å². The molecule has 1 aliphatic heterocycles. The van der Waals surface area contributed by atoms with Gasteiger partial charge in [-0.2, -0.15) is 0 Å². The van der Waals surface area contributed by atoms with Crippen LogP contribution in [-0.4, -0.2) is 11.5 Å². The molecule has 1 aliphatic rings. The quantitative estimate of drug-likeness (QED) is 0.809. The highest BCUT2D eigenvalue weighted by molar-refractivity contribution is 14.1. The summed E-state index contributed by atoms with van der Waals surface area (Å²) in [6.45, 7) is 1.55. The summed E-state index contributed by atoms with van der Waals surface area (Å²) in [6, 6.07) is 1.80. The molecule has 0 unspecified atom stereocenters. The van der Waals surface area contributed by atoms with Gasteiger partial charge in [-0.25, -0.2) is 9.37 Å². The van der Waals surface area contributed by atoms with Crippen molar-refractivity contribution in [1.82, 2.24) is 10.3 Å². The van der Waals surface area contributed by atoms with E-state index in [0.29, 0.717) is 17.9 Å². The molecule has 0 radical (unpaired) electrons. The largest absolute Gasteiger partial charge is 0.444 e. The summed E-state index contributed by atoms with van der Waals surface area (Å²) in [4.78, 5) is 4.01. The van der Waals surface area contributed by atoms with E-state index in [1.807, 2.05) is 0 Å². The molecular weight excluding hydrogens is 334 g/mol. The number of hydrogen-bond donors (Lipinski definition) is 1. The summed E-state index contributed by atoms with van der Waals surface area (Å²) in [5, 5.41) is 3.25. The van der Waals surface area contributed by atoms with Crippen molar-refractivity contribution < 1.29 is 8.81 Å². The third-order valence-electron chi connectivity index (χ3n) is 2.94. The van der Waals surface area contributed by atoms with Gasteiger partial charge >= 0.3 is 0 Å². The van der Waals surface area contributed by atoms with Crippen molar-refractivity contribution >= 4 is 22.6 Å². The molecule has 0 fully saturated rings. The van der Waals surface area contributed by atoms with Crippen molar-refractivity contribution in [2.45, 2.75) is 13.0 Å². The minimum atomic E-state index is -0.190. The van der Waals surface area contributed by atoms with Crippen molar-refractivity contribution in [2.24, 2.45) is 0 Å². The molecule has 5 heteroatoms. The van der Waals surface area contributed by atoms with Crippen LogP contribution in [0.1, 0.15) is 11.1 Å². The number of fused-ring (bicyclic) bond motifs is 1. The minimum Gasteiger partial charge on any atom is -0.444 e. The molecule has 17 heavy (non-hydrogen) atoms. The maximum absolute atomic E-state index is 14.4. The van der Waals surface area contributed by atoms with Crippen molar-refractivity contribution in [1.29, 1.82) is 0 Å². The second kappa shape index (κ2) is 4.38. The molecule has 1 aromatic heterocycles. The molecule has 3 nitrogen and oxygen atoms in total. The van der Waals surface area contributed by atoms with Gasteiger partial charge in [0.2, 0.25) is 5.89 Å². The van der Waals surface area contributed by atoms with Crippen molar-refractivity contribution in [3.63, 3.8) is 0 Å². The van der Waals surface area contributed by atoms with E-state index in [9.17, 15) is 4.39 Å². The SMILES string of the molecule is Fc1c(-c2ncco2)cc(I)c2c1CCNC2. The van der Waals surface area contributed by atoms with Gasteiger partial charge in [0.1, 0.15) is 12.1 Å². The third kappa shape index (κ3) is 1.87. The Bertz CT molecular complexity index is 554. The number of halogens is 2. The van der Waals surface area contributed by atoms with E-state index < -0.39 is 0 Å². The van der Waals surface area contributed by atoms with Gasteiger partial charge in [0.15, 0.2) is 0 Å². The summed E-state index contributed by atoms with van der Waals surface area (Å²) in [5.41, 5.74) is 2.31. The lowest BCUT2D eigenvalue weighted by Crippen LogP contribution is -2.25. The maximum Gasteiger partial charge on any atom is 0.228 e. The number of hydrogen-bond acceptors (Lipinski definition) is 3. The zero-order chi connectivity index (χ0) is 11.8. The molecule has 0 saturated heterocycles. The van der Waals surface area contributed by atoms with Crippen LogP contribution in [0.2, 0.25) is 0 Å². The van der Waals surface area contributed by atoms with Crippen molar-refractivity contribution in [3.05, 3.63) is 39.0 Å². The molecule has 2 aromatic rings. The number of oxazole rings is 1. The lowest BCUT2D eigenvalue weighted by molar-refractivity contribution is 0.546. The van der Waals surface area contributed by atoms with Gasteiger partial charge in [-0.3, -0.25) is 0 Å². The third-order valence-corrected chi connectivity index (χ3v) is 3.90. The topological polar surface area (TPSA) is 38.1 Å². The smallest absolute Gasteiger partial charge is 0.228 e. The fraction of sp³-hybridized carbons (Fsp3) is 0.250. The van der Waals surface area contributed by atoms with Crippen LogP contribution < -0.4 is 5.32 Å². The zero-order valence-corrected chi connectivity index (χ0v) is 11.1. The number of benzene rings is 1. The van der Waals surface area contributed by atoms with Gasteiger partial charge < -0.3 is 9.73 Å². The van der Waals surface area contributed by atoms with Gasteiger partial charge in [-0.1, -0.05) is 0 Å². The van der Waals surface area contributed by atoms with Crippen LogP contribution in [0.15, 0.2) is 22.9 Å². The molecule has 0 amide bonds. The maximum atomic E-state index is 14.4. The molecule has 88 valence electrons. The summed E-state index contributed by atoms with van der Waals surface area (Å²) < 4.78 is 20.6. The van der Waals surface area contributed by atoms with Crippen LogP contribution in [-0.2, 0) is 13.0 Å².